The number of carbonyl (C=O) groups is 1. The van der Waals surface area contributed by atoms with Crippen molar-refractivity contribution < 1.29 is 14.3 Å². The van der Waals surface area contributed by atoms with Gasteiger partial charge in [0.1, 0.15) is 5.75 Å². The summed E-state index contributed by atoms with van der Waals surface area (Å²) >= 11 is 0. The van der Waals surface area contributed by atoms with Crippen LogP contribution in [0.1, 0.15) is 31.4 Å². The molecule has 18 heavy (non-hydrogen) atoms. The second-order valence-corrected chi connectivity index (χ2v) is 4.95. The Balaban J connectivity index is 2.42. The number of carbonyl (C=O) groups excluding carboxylic acids is 1. The molecule has 2 unspecified atom stereocenters. The average molecular weight is 248 g/mol. The Kier molecular flexibility index (Phi) is 3.33. The molecule has 0 aromatic heterocycles. The molecule has 0 heterocycles. The molecule has 1 aliphatic rings. The fourth-order valence-corrected chi connectivity index (χ4v) is 2.74. The molecule has 98 valence electrons. The van der Waals surface area contributed by atoms with E-state index >= 15 is 0 Å². The Morgan fingerprint density at radius 2 is 2.11 bits per heavy atom. The van der Waals surface area contributed by atoms with Crippen molar-refractivity contribution in [3.8, 4) is 5.75 Å². The van der Waals surface area contributed by atoms with Crippen molar-refractivity contribution >= 4 is 5.97 Å². The van der Waals surface area contributed by atoms with Gasteiger partial charge in [-0.25, -0.2) is 0 Å². The zero-order valence-corrected chi connectivity index (χ0v) is 11.4. The predicted molar refractivity (Wildman–Crippen MR) is 69.8 cm³/mol. The van der Waals surface area contributed by atoms with Gasteiger partial charge in [0.25, 0.3) is 0 Å². The first-order valence-electron chi connectivity index (χ1n) is 6.36. The van der Waals surface area contributed by atoms with Gasteiger partial charge in [-0.1, -0.05) is 26.0 Å². The molecule has 1 fully saturated rings. The van der Waals surface area contributed by atoms with Gasteiger partial charge in [-0.3, -0.25) is 4.79 Å². The summed E-state index contributed by atoms with van der Waals surface area (Å²) in [5.74, 6) is 1.11. The molecule has 0 amide bonds. The van der Waals surface area contributed by atoms with Crippen LogP contribution in [0.5, 0.6) is 5.75 Å². The topological polar surface area (TPSA) is 35.5 Å². The fourth-order valence-electron chi connectivity index (χ4n) is 2.74. The van der Waals surface area contributed by atoms with Gasteiger partial charge in [0.15, 0.2) is 0 Å². The van der Waals surface area contributed by atoms with Gasteiger partial charge in [0.05, 0.1) is 19.6 Å². The van der Waals surface area contributed by atoms with E-state index in [0.29, 0.717) is 5.92 Å². The van der Waals surface area contributed by atoms with Crippen LogP contribution in [0.15, 0.2) is 18.2 Å². The molecule has 0 saturated heterocycles. The molecule has 1 aromatic rings. The molecule has 0 spiro atoms. The summed E-state index contributed by atoms with van der Waals surface area (Å²) in [5, 5.41) is 0. The van der Waals surface area contributed by atoms with Gasteiger partial charge in [-0.15, -0.1) is 0 Å². The first-order valence-corrected chi connectivity index (χ1v) is 6.36. The first-order chi connectivity index (χ1) is 8.59. The molecule has 0 bridgehead atoms. The van der Waals surface area contributed by atoms with Crippen molar-refractivity contribution in [2.75, 3.05) is 14.2 Å². The van der Waals surface area contributed by atoms with Crippen LogP contribution in [0.2, 0.25) is 0 Å². The van der Waals surface area contributed by atoms with Crippen LogP contribution < -0.4 is 4.74 Å². The highest BCUT2D eigenvalue weighted by Gasteiger charge is 2.59. The third kappa shape index (κ3) is 1.78. The highest BCUT2D eigenvalue weighted by molar-refractivity contribution is 5.87. The maximum Gasteiger partial charge on any atom is 0.316 e. The van der Waals surface area contributed by atoms with E-state index in [-0.39, 0.29) is 5.97 Å². The van der Waals surface area contributed by atoms with Crippen molar-refractivity contribution in [3.05, 3.63) is 29.3 Å². The summed E-state index contributed by atoms with van der Waals surface area (Å²) in [6.45, 7) is 4.18. The number of benzene rings is 1. The van der Waals surface area contributed by atoms with Gasteiger partial charge in [-0.2, -0.15) is 0 Å². The third-order valence-electron chi connectivity index (χ3n) is 4.04. The molecular formula is C15H20O3. The van der Waals surface area contributed by atoms with Crippen LogP contribution in [-0.2, 0) is 21.4 Å². The molecule has 1 saturated carbocycles. The normalized spacial score (nSPS) is 25.7. The molecule has 1 aliphatic carbocycles. The molecule has 3 nitrogen and oxygen atoms in total. The van der Waals surface area contributed by atoms with Crippen molar-refractivity contribution in [1.82, 2.24) is 0 Å². The first kappa shape index (κ1) is 12.9. The van der Waals surface area contributed by atoms with Crippen molar-refractivity contribution in [2.24, 2.45) is 5.92 Å². The number of rotatable bonds is 4. The van der Waals surface area contributed by atoms with Gasteiger partial charge in [-0.05, 0) is 36.0 Å². The number of esters is 1. The van der Waals surface area contributed by atoms with Crippen molar-refractivity contribution in [1.29, 1.82) is 0 Å². The number of hydrogen-bond acceptors (Lipinski definition) is 3. The van der Waals surface area contributed by atoms with E-state index in [1.165, 1.54) is 7.11 Å². The van der Waals surface area contributed by atoms with E-state index in [1.807, 2.05) is 12.1 Å². The summed E-state index contributed by atoms with van der Waals surface area (Å²) in [7, 11) is 3.13. The second-order valence-electron chi connectivity index (χ2n) is 4.95. The highest BCUT2D eigenvalue weighted by Crippen LogP contribution is 2.55. The van der Waals surface area contributed by atoms with Gasteiger partial charge >= 0.3 is 5.97 Å². The summed E-state index contributed by atoms with van der Waals surface area (Å²) in [6, 6.07) is 6.02. The van der Waals surface area contributed by atoms with E-state index in [1.54, 1.807) is 7.11 Å². The number of aryl methyl sites for hydroxylation is 1. The minimum Gasteiger partial charge on any atom is -0.496 e. The predicted octanol–water partition coefficient (Wildman–Crippen LogP) is 2.71. The molecule has 0 N–H and O–H groups in total. The van der Waals surface area contributed by atoms with Crippen LogP contribution in [0.3, 0.4) is 0 Å². The molecule has 3 heteroatoms. The smallest absolute Gasteiger partial charge is 0.316 e. The Morgan fingerprint density at radius 1 is 1.44 bits per heavy atom. The third-order valence-corrected chi connectivity index (χ3v) is 4.04. The molecule has 0 aliphatic heterocycles. The van der Waals surface area contributed by atoms with Crippen LogP contribution in [-0.4, -0.2) is 20.2 Å². The second kappa shape index (κ2) is 4.63. The van der Waals surface area contributed by atoms with Crippen LogP contribution in [0, 0.1) is 5.92 Å². The lowest BCUT2D eigenvalue weighted by molar-refractivity contribution is -0.144. The van der Waals surface area contributed by atoms with E-state index in [4.69, 9.17) is 9.47 Å². The molecule has 0 radical (unpaired) electrons. The van der Waals surface area contributed by atoms with E-state index < -0.39 is 5.41 Å². The van der Waals surface area contributed by atoms with E-state index in [2.05, 4.69) is 19.9 Å². The maximum atomic E-state index is 12.0. The number of hydrogen-bond donors (Lipinski definition) is 0. The Morgan fingerprint density at radius 3 is 2.56 bits per heavy atom. The van der Waals surface area contributed by atoms with E-state index in [0.717, 1.165) is 29.7 Å². The van der Waals surface area contributed by atoms with Gasteiger partial charge in [0, 0.05) is 0 Å². The summed E-state index contributed by atoms with van der Waals surface area (Å²) in [5.41, 5.74) is 1.77. The summed E-state index contributed by atoms with van der Waals surface area (Å²) in [6.07, 6.45) is 1.76. The Hall–Kier alpha value is -1.51. The maximum absolute atomic E-state index is 12.0. The lowest BCUT2D eigenvalue weighted by Crippen LogP contribution is -2.24. The number of ether oxygens (including phenoxy) is 2. The summed E-state index contributed by atoms with van der Waals surface area (Å²) < 4.78 is 10.3. The molecular weight excluding hydrogens is 228 g/mol. The Labute approximate surface area is 108 Å². The largest absolute Gasteiger partial charge is 0.496 e. The van der Waals surface area contributed by atoms with Crippen LogP contribution >= 0.6 is 0 Å². The molecule has 2 rings (SSSR count). The fraction of sp³-hybridized carbons (Fsp3) is 0.533. The Bertz CT molecular complexity index is 467. The molecule has 2 atom stereocenters. The van der Waals surface area contributed by atoms with Gasteiger partial charge < -0.3 is 9.47 Å². The SMILES string of the molecule is CCc1cc(C2(C(=O)OC)CC2C)ccc1OC. The minimum absolute atomic E-state index is 0.123. The highest BCUT2D eigenvalue weighted by atomic mass is 16.5. The zero-order valence-electron chi connectivity index (χ0n) is 11.4. The van der Waals surface area contributed by atoms with Crippen LogP contribution in [0.25, 0.3) is 0 Å². The quantitative estimate of drug-likeness (QED) is 0.768. The van der Waals surface area contributed by atoms with Crippen molar-refractivity contribution in [2.45, 2.75) is 32.1 Å². The average Bonchev–Trinajstić information content (AvgIpc) is 3.09. The van der Waals surface area contributed by atoms with E-state index in [9.17, 15) is 4.79 Å². The minimum atomic E-state index is -0.426. The van der Waals surface area contributed by atoms with Crippen molar-refractivity contribution in [3.63, 3.8) is 0 Å². The monoisotopic (exact) mass is 248 g/mol. The zero-order chi connectivity index (χ0) is 13.3. The number of methoxy groups -OCH3 is 2. The standard InChI is InChI=1S/C15H20O3/c1-5-11-8-12(6-7-13(11)17-3)15(9-10(15)2)14(16)18-4/h6-8,10H,5,9H2,1-4H3. The van der Waals surface area contributed by atoms with Gasteiger partial charge in [0.2, 0.25) is 0 Å². The lowest BCUT2D eigenvalue weighted by atomic mass is 9.91. The molecule has 1 aromatic carbocycles. The summed E-state index contributed by atoms with van der Waals surface area (Å²) in [4.78, 5) is 12.0. The lowest BCUT2D eigenvalue weighted by Gasteiger charge is -2.17. The van der Waals surface area contributed by atoms with Crippen LogP contribution in [0.4, 0.5) is 0 Å².